The van der Waals surface area contributed by atoms with Gasteiger partial charge in [0.15, 0.2) is 11.6 Å². The molecule has 3 rings (SSSR count). The predicted octanol–water partition coefficient (Wildman–Crippen LogP) is 5.01. The number of carbonyl (C=O) groups is 2. The summed E-state index contributed by atoms with van der Waals surface area (Å²) in [6, 6.07) is 1.25. The largest absolute Gasteiger partial charge is 0.511 e. The van der Waals surface area contributed by atoms with Gasteiger partial charge in [0, 0.05) is 11.5 Å². The molecule has 2 N–H and O–H groups in total. The van der Waals surface area contributed by atoms with Crippen molar-refractivity contribution in [3.05, 3.63) is 57.6 Å². The van der Waals surface area contributed by atoms with Crippen molar-refractivity contribution in [2.24, 2.45) is 5.92 Å². The van der Waals surface area contributed by atoms with Gasteiger partial charge in [-0.05, 0) is 37.0 Å². The number of carbonyl (C=O) groups excluding carboxylic acids is 2. The highest BCUT2D eigenvalue weighted by atomic mass is 19.4. The summed E-state index contributed by atoms with van der Waals surface area (Å²) in [7, 11) is 0. The van der Waals surface area contributed by atoms with Crippen LogP contribution >= 0.6 is 0 Å². The average molecular weight is 420 g/mol. The molecule has 0 amide bonds. The van der Waals surface area contributed by atoms with Gasteiger partial charge in [0.1, 0.15) is 11.5 Å². The fourth-order valence-corrected chi connectivity index (χ4v) is 3.41. The van der Waals surface area contributed by atoms with E-state index in [9.17, 15) is 46.1 Å². The summed E-state index contributed by atoms with van der Waals surface area (Å²) in [6.45, 7) is 1.24. The number of benzene rings is 1. The van der Waals surface area contributed by atoms with Crippen LogP contribution in [-0.2, 0) is 21.9 Å². The van der Waals surface area contributed by atoms with E-state index >= 15 is 0 Å². The molecule has 0 aliphatic heterocycles. The van der Waals surface area contributed by atoms with E-state index in [1.165, 1.54) is 6.92 Å². The van der Waals surface area contributed by atoms with Gasteiger partial charge in [-0.2, -0.15) is 26.3 Å². The summed E-state index contributed by atoms with van der Waals surface area (Å²) in [4.78, 5) is 23.6. The fourth-order valence-electron chi connectivity index (χ4n) is 3.41. The molecule has 0 bridgehead atoms. The van der Waals surface area contributed by atoms with Gasteiger partial charge in [0.2, 0.25) is 0 Å². The van der Waals surface area contributed by atoms with Gasteiger partial charge in [-0.25, -0.2) is 0 Å². The van der Waals surface area contributed by atoms with Crippen LogP contribution in [0.15, 0.2) is 40.9 Å². The number of aliphatic hydroxyl groups is 2. The molecule has 1 fully saturated rings. The van der Waals surface area contributed by atoms with Crippen LogP contribution in [-0.4, -0.2) is 21.8 Å². The number of hydrogen-bond donors (Lipinski definition) is 2. The van der Waals surface area contributed by atoms with Gasteiger partial charge in [-0.15, -0.1) is 0 Å². The van der Waals surface area contributed by atoms with Crippen molar-refractivity contribution < 1.29 is 46.1 Å². The summed E-state index contributed by atoms with van der Waals surface area (Å²) >= 11 is 0. The summed E-state index contributed by atoms with van der Waals surface area (Å²) in [5, 5.41) is 20.4. The zero-order chi connectivity index (χ0) is 21.9. The van der Waals surface area contributed by atoms with E-state index in [-0.39, 0.29) is 18.1 Å². The topological polar surface area (TPSA) is 74.6 Å². The Hall–Kier alpha value is -2.78. The second-order valence-corrected chi connectivity index (χ2v) is 7.00. The molecule has 29 heavy (non-hydrogen) atoms. The van der Waals surface area contributed by atoms with Gasteiger partial charge >= 0.3 is 12.4 Å². The van der Waals surface area contributed by atoms with Crippen molar-refractivity contribution in [2.45, 2.75) is 38.0 Å². The van der Waals surface area contributed by atoms with Crippen molar-refractivity contribution in [3.63, 3.8) is 0 Å². The summed E-state index contributed by atoms with van der Waals surface area (Å²) in [6.07, 6.45) is -10.7. The minimum Gasteiger partial charge on any atom is -0.511 e. The Morgan fingerprint density at radius 3 is 2.21 bits per heavy atom. The Kier molecular flexibility index (Phi) is 4.79. The van der Waals surface area contributed by atoms with Crippen LogP contribution in [0, 0.1) is 5.92 Å². The van der Waals surface area contributed by atoms with E-state index in [4.69, 9.17) is 0 Å². The summed E-state index contributed by atoms with van der Waals surface area (Å²) in [5.41, 5.74) is -4.06. The number of halogens is 6. The van der Waals surface area contributed by atoms with Gasteiger partial charge in [0.05, 0.1) is 23.1 Å². The molecule has 0 saturated heterocycles. The number of hydrogen-bond acceptors (Lipinski definition) is 4. The number of alkyl halides is 6. The van der Waals surface area contributed by atoms with Crippen molar-refractivity contribution in [3.8, 4) is 0 Å². The van der Waals surface area contributed by atoms with Crippen LogP contribution < -0.4 is 0 Å². The van der Waals surface area contributed by atoms with E-state index in [2.05, 4.69) is 0 Å². The molecule has 10 heteroatoms. The SMILES string of the molecule is CC1=C(O)C(=C(O)C2CC2c2ccc(C(F)(F)F)cc2C(F)(F)F)C(=O)CC1=O. The first kappa shape index (κ1) is 20.9. The monoisotopic (exact) mass is 420 g/mol. The molecule has 2 aliphatic rings. The lowest BCUT2D eigenvalue weighted by atomic mass is 9.89. The van der Waals surface area contributed by atoms with E-state index in [1.807, 2.05) is 0 Å². The van der Waals surface area contributed by atoms with Gasteiger partial charge in [0.25, 0.3) is 0 Å². The highest BCUT2D eigenvalue weighted by Crippen LogP contribution is 2.55. The Bertz CT molecular complexity index is 968. The van der Waals surface area contributed by atoms with Crippen molar-refractivity contribution in [1.82, 2.24) is 0 Å². The first-order valence-corrected chi connectivity index (χ1v) is 8.41. The number of Topliss-reactive ketones (excluding diaryl/α,β-unsaturated/α-hetero) is 2. The van der Waals surface area contributed by atoms with E-state index < -0.39 is 76.0 Å². The standard InChI is InChI=1S/C19H14F6O4/c1-7-13(26)6-14(27)15(16(7)28)17(29)11-5-10(11)9-3-2-8(18(20,21)22)4-12(9)19(23,24)25/h2-4,10-11,28-29H,5-6H2,1H3. The van der Waals surface area contributed by atoms with Crippen LogP contribution in [0.3, 0.4) is 0 Å². The Labute approximate surface area is 160 Å². The van der Waals surface area contributed by atoms with Crippen LogP contribution in [0.5, 0.6) is 0 Å². The molecule has 2 aliphatic carbocycles. The first-order valence-electron chi connectivity index (χ1n) is 8.41. The quantitative estimate of drug-likeness (QED) is 0.305. The lowest BCUT2D eigenvalue weighted by molar-refractivity contribution is -0.143. The maximum atomic E-state index is 13.3. The van der Waals surface area contributed by atoms with Gasteiger partial charge in [-0.1, -0.05) is 6.07 Å². The van der Waals surface area contributed by atoms with E-state index in [0.29, 0.717) is 12.1 Å². The van der Waals surface area contributed by atoms with Gasteiger partial charge in [-0.3, -0.25) is 9.59 Å². The molecule has 2 unspecified atom stereocenters. The highest BCUT2D eigenvalue weighted by molar-refractivity contribution is 6.19. The third kappa shape index (κ3) is 3.75. The fraction of sp³-hybridized carbons (Fsp3) is 0.368. The molecule has 4 nitrogen and oxygen atoms in total. The predicted molar refractivity (Wildman–Crippen MR) is 86.9 cm³/mol. The molecule has 1 aromatic rings. The van der Waals surface area contributed by atoms with E-state index in [1.54, 1.807) is 0 Å². The molecule has 0 radical (unpaired) electrons. The molecular weight excluding hydrogens is 406 g/mol. The van der Waals surface area contributed by atoms with Crippen molar-refractivity contribution >= 4 is 11.6 Å². The normalized spacial score (nSPS) is 24.8. The van der Waals surface area contributed by atoms with Crippen LogP contribution in [0.25, 0.3) is 0 Å². The number of ketones is 2. The van der Waals surface area contributed by atoms with Crippen LogP contribution in [0.2, 0.25) is 0 Å². The lowest BCUT2D eigenvalue weighted by Crippen LogP contribution is -2.22. The second kappa shape index (κ2) is 6.64. The maximum Gasteiger partial charge on any atom is 0.416 e. The first-order chi connectivity index (χ1) is 13.2. The summed E-state index contributed by atoms with van der Waals surface area (Å²) < 4.78 is 78.4. The maximum absolute atomic E-state index is 13.3. The zero-order valence-electron chi connectivity index (χ0n) is 14.8. The van der Waals surface area contributed by atoms with Gasteiger partial charge < -0.3 is 10.2 Å². The number of allylic oxidation sites excluding steroid dienone is 3. The average Bonchev–Trinajstić information content (AvgIpc) is 3.38. The molecule has 0 heterocycles. The third-order valence-electron chi connectivity index (χ3n) is 5.09. The Morgan fingerprint density at radius 2 is 1.66 bits per heavy atom. The molecule has 156 valence electrons. The van der Waals surface area contributed by atoms with E-state index in [0.717, 1.165) is 0 Å². The Morgan fingerprint density at radius 1 is 1.03 bits per heavy atom. The zero-order valence-corrected chi connectivity index (χ0v) is 14.8. The molecule has 1 aromatic carbocycles. The highest BCUT2D eigenvalue weighted by Gasteiger charge is 2.49. The van der Waals surface area contributed by atoms with Crippen LogP contribution in [0.1, 0.15) is 42.4 Å². The molecule has 2 atom stereocenters. The molecule has 0 spiro atoms. The molecule has 1 saturated carbocycles. The summed E-state index contributed by atoms with van der Waals surface area (Å²) in [5.74, 6) is -4.90. The smallest absolute Gasteiger partial charge is 0.416 e. The second-order valence-electron chi connectivity index (χ2n) is 7.00. The van der Waals surface area contributed by atoms with Crippen molar-refractivity contribution in [1.29, 1.82) is 0 Å². The molecule has 0 aromatic heterocycles. The third-order valence-corrected chi connectivity index (χ3v) is 5.09. The number of aliphatic hydroxyl groups excluding tert-OH is 2. The molecular formula is C19H14F6O4. The number of rotatable bonds is 2. The Balaban J connectivity index is 2.02. The van der Waals surface area contributed by atoms with Crippen molar-refractivity contribution in [2.75, 3.05) is 0 Å². The lowest BCUT2D eigenvalue weighted by Gasteiger charge is -2.18. The van der Waals surface area contributed by atoms with Crippen LogP contribution in [0.4, 0.5) is 26.3 Å². The minimum absolute atomic E-state index is 0.0147. The minimum atomic E-state index is -5.06.